The lowest BCUT2D eigenvalue weighted by Crippen LogP contribution is -2.70. The minimum atomic E-state index is -1.26. The monoisotopic (exact) mass is 277 g/mol. The zero-order valence-corrected chi connectivity index (χ0v) is 14.0. The van der Waals surface area contributed by atoms with E-state index in [4.69, 9.17) is 0 Å². The molecule has 2 unspecified atom stereocenters. The highest BCUT2D eigenvalue weighted by molar-refractivity contribution is 6.88. The molecule has 0 aliphatic carbocycles. The summed E-state index contributed by atoms with van der Waals surface area (Å²) in [5, 5.41) is 15.7. The van der Waals surface area contributed by atoms with Gasteiger partial charge in [-0.3, -0.25) is 0 Å². The molecule has 0 radical (unpaired) electrons. The zero-order valence-electron chi connectivity index (χ0n) is 13.0. The van der Waals surface area contributed by atoms with Gasteiger partial charge < -0.3 is 10.4 Å². The third kappa shape index (κ3) is 2.64. The van der Waals surface area contributed by atoms with Crippen LogP contribution in [0.3, 0.4) is 0 Å². The van der Waals surface area contributed by atoms with Gasteiger partial charge in [-0.25, -0.2) is 0 Å². The van der Waals surface area contributed by atoms with E-state index in [0.717, 1.165) is 5.56 Å². The fourth-order valence-corrected chi connectivity index (χ4v) is 4.11. The predicted molar refractivity (Wildman–Crippen MR) is 84.6 cm³/mol. The normalized spacial score (nSPS) is 28.1. The van der Waals surface area contributed by atoms with Crippen LogP contribution in [0.5, 0.6) is 0 Å². The predicted octanol–water partition coefficient (Wildman–Crippen LogP) is 2.44. The second-order valence-corrected chi connectivity index (χ2v) is 13.0. The van der Waals surface area contributed by atoms with Gasteiger partial charge in [0.25, 0.3) is 0 Å². The van der Waals surface area contributed by atoms with Crippen LogP contribution in [0, 0.1) is 5.41 Å². The first-order chi connectivity index (χ1) is 8.55. The van der Waals surface area contributed by atoms with Crippen LogP contribution in [0.15, 0.2) is 24.3 Å². The largest absolute Gasteiger partial charge is 0.382 e. The van der Waals surface area contributed by atoms with Crippen molar-refractivity contribution in [2.45, 2.75) is 52.1 Å². The van der Waals surface area contributed by atoms with E-state index < -0.39 is 13.7 Å². The number of hydrogen-bond acceptors (Lipinski definition) is 2. The molecule has 1 aromatic rings. The Hall–Kier alpha value is -0.643. The van der Waals surface area contributed by atoms with Crippen LogP contribution in [0.4, 0.5) is 0 Å². The topological polar surface area (TPSA) is 32.3 Å². The molecule has 2 rings (SSSR count). The molecule has 2 nitrogen and oxygen atoms in total. The van der Waals surface area contributed by atoms with E-state index in [1.54, 1.807) is 0 Å². The second kappa shape index (κ2) is 4.44. The summed E-state index contributed by atoms with van der Waals surface area (Å²) in [6, 6.07) is 8.77. The lowest BCUT2D eigenvalue weighted by molar-refractivity contribution is -0.102. The molecule has 0 saturated carbocycles. The maximum Gasteiger partial charge on any atom is 0.118 e. The Morgan fingerprint density at radius 2 is 1.68 bits per heavy atom. The average Bonchev–Trinajstić information content (AvgIpc) is 2.23. The smallest absolute Gasteiger partial charge is 0.118 e. The van der Waals surface area contributed by atoms with Gasteiger partial charge in [-0.1, -0.05) is 69.9 Å². The van der Waals surface area contributed by atoms with Gasteiger partial charge in [0.2, 0.25) is 0 Å². The van der Waals surface area contributed by atoms with Crippen molar-refractivity contribution in [3.05, 3.63) is 29.8 Å². The maximum absolute atomic E-state index is 10.9. The van der Waals surface area contributed by atoms with Crippen LogP contribution in [0.2, 0.25) is 19.6 Å². The molecule has 3 heteroatoms. The summed E-state index contributed by atoms with van der Waals surface area (Å²) in [6.45, 7) is 14.2. The van der Waals surface area contributed by atoms with Crippen molar-refractivity contribution >= 4 is 13.3 Å². The molecular formula is C16H27NOSi. The molecule has 2 atom stereocenters. The van der Waals surface area contributed by atoms with Crippen molar-refractivity contribution in [1.82, 2.24) is 5.32 Å². The minimum absolute atomic E-state index is 0.0600. The van der Waals surface area contributed by atoms with E-state index in [0.29, 0.717) is 6.54 Å². The highest BCUT2D eigenvalue weighted by Gasteiger charge is 2.51. The first-order valence-corrected chi connectivity index (χ1v) is 10.6. The van der Waals surface area contributed by atoms with Crippen molar-refractivity contribution in [1.29, 1.82) is 0 Å². The number of aliphatic hydroxyl groups is 1. The van der Waals surface area contributed by atoms with Gasteiger partial charge in [-0.2, -0.15) is 0 Å². The van der Waals surface area contributed by atoms with Crippen molar-refractivity contribution < 1.29 is 5.11 Å². The van der Waals surface area contributed by atoms with E-state index in [1.165, 1.54) is 5.19 Å². The Kier molecular flexibility index (Phi) is 3.45. The first-order valence-electron chi connectivity index (χ1n) is 7.12. The van der Waals surface area contributed by atoms with Gasteiger partial charge in [0, 0.05) is 12.6 Å². The molecule has 1 fully saturated rings. The molecule has 2 N–H and O–H groups in total. The molecule has 0 amide bonds. The Balaban J connectivity index is 2.28. The van der Waals surface area contributed by atoms with Crippen LogP contribution in [-0.2, 0) is 5.60 Å². The van der Waals surface area contributed by atoms with Gasteiger partial charge in [0.05, 0.1) is 8.07 Å². The van der Waals surface area contributed by atoms with Crippen LogP contribution in [0.25, 0.3) is 0 Å². The van der Waals surface area contributed by atoms with E-state index in [9.17, 15) is 5.11 Å². The number of benzene rings is 1. The minimum Gasteiger partial charge on any atom is -0.382 e. The molecule has 0 bridgehead atoms. The van der Waals surface area contributed by atoms with Gasteiger partial charge in [-0.15, -0.1) is 0 Å². The highest BCUT2D eigenvalue weighted by Crippen LogP contribution is 2.40. The van der Waals surface area contributed by atoms with Gasteiger partial charge in [0.1, 0.15) is 5.60 Å². The quantitative estimate of drug-likeness (QED) is 0.814. The summed E-state index contributed by atoms with van der Waals surface area (Å²) >= 11 is 0. The number of rotatable bonds is 2. The summed E-state index contributed by atoms with van der Waals surface area (Å²) in [6.07, 6.45) is 0. The van der Waals surface area contributed by atoms with Crippen molar-refractivity contribution in [2.75, 3.05) is 6.54 Å². The molecule has 19 heavy (non-hydrogen) atoms. The van der Waals surface area contributed by atoms with E-state index in [-0.39, 0.29) is 11.5 Å². The van der Waals surface area contributed by atoms with Crippen molar-refractivity contribution in [2.24, 2.45) is 5.41 Å². The summed E-state index contributed by atoms with van der Waals surface area (Å²) in [7, 11) is -1.26. The lowest BCUT2D eigenvalue weighted by Gasteiger charge is -2.53. The van der Waals surface area contributed by atoms with Gasteiger partial charge in [-0.05, 0) is 11.0 Å². The Morgan fingerprint density at radius 1 is 1.16 bits per heavy atom. The maximum atomic E-state index is 10.9. The highest BCUT2D eigenvalue weighted by atomic mass is 28.3. The summed E-state index contributed by atoms with van der Waals surface area (Å²) < 4.78 is 0. The first kappa shape index (κ1) is 14.8. The summed E-state index contributed by atoms with van der Waals surface area (Å²) in [4.78, 5) is 0. The lowest BCUT2D eigenvalue weighted by atomic mass is 9.68. The second-order valence-electron chi connectivity index (χ2n) is 7.93. The third-order valence-electron chi connectivity index (χ3n) is 4.17. The summed E-state index contributed by atoms with van der Waals surface area (Å²) in [5.41, 5.74) is 0.397. The Morgan fingerprint density at radius 3 is 2.00 bits per heavy atom. The molecule has 1 aromatic carbocycles. The van der Waals surface area contributed by atoms with E-state index in [1.807, 2.05) is 0 Å². The average molecular weight is 277 g/mol. The van der Waals surface area contributed by atoms with Gasteiger partial charge in [0.15, 0.2) is 0 Å². The molecule has 0 aromatic heterocycles. The van der Waals surface area contributed by atoms with Gasteiger partial charge >= 0.3 is 0 Å². The molecule has 1 heterocycles. The number of nitrogens with one attached hydrogen (secondary N) is 1. The van der Waals surface area contributed by atoms with Crippen LogP contribution in [-0.4, -0.2) is 25.8 Å². The molecule has 106 valence electrons. The summed E-state index contributed by atoms with van der Waals surface area (Å²) in [5.74, 6) is 0. The SMILES string of the molecule is CC(C)(C)C1NCC1(O)c1ccc([Si](C)(C)C)cc1. The van der Waals surface area contributed by atoms with Crippen LogP contribution in [0.1, 0.15) is 26.3 Å². The van der Waals surface area contributed by atoms with Crippen molar-refractivity contribution in [3.63, 3.8) is 0 Å². The number of hydrogen-bond donors (Lipinski definition) is 2. The molecule has 1 aliphatic heterocycles. The standard InChI is InChI=1S/C16H27NOSi/c1-15(2,3)14-16(18,11-17-14)12-7-9-13(10-8-12)19(4,5)6/h7-10,14,17-18H,11H2,1-6H3. The molecule has 0 spiro atoms. The van der Waals surface area contributed by atoms with Crippen LogP contribution >= 0.6 is 0 Å². The molecule has 1 saturated heterocycles. The fourth-order valence-electron chi connectivity index (χ4n) is 2.95. The molecular weight excluding hydrogens is 250 g/mol. The fraction of sp³-hybridized carbons (Fsp3) is 0.625. The zero-order chi connectivity index (χ0) is 14.5. The third-order valence-corrected chi connectivity index (χ3v) is 6.24. The van der Waals surface area contributed by atoms with E-state index >= 15 is 0 Å². The Bertz CT molecular complexity index is 455. The number of β-amino-alcohol motifs (C(OH)–C–C–N with tert-alkyl or cyclic N) is 1. The van der Waals surface area contributed by atoms with E-state index in [2.05, 4.69) is 70.0 Å². The molecule has 1 aliphatic rings. The van der Waals surface area contributed by atoms with Crippen LogP contribution < -0.4 is 10.5 Å². The van der Waals surface area contributed by atoms with Crippen molar-refractivity contribution in [3.8, 4) is 0 Å². The Labute approximate surface area is 118 Å².